The Morgan fingerprint density at radius 2 is 2.16 bits per heavy atom. The van der Waals surface area contributed by atoms with E-state index in [0.29, 0.717) is 17.9 Å². The molecular formula is C13H10N6. The van der Waals surface area contributed by atoms with E-state index in [2.05, 4.69) is 20.5 Å². The van der Waals surface area contributed by atoms with E-state index >= 15 is 0 Å². The zero-order valence-electron chi connectivity index (χ0n) is 9.98. The largest absolute Gasteiger partial charge is 0.363 e. The van der Waals surface area contributed by atoms with Gasteiger partial charge in [0.05, 0.1) is 12.1 Å². The van der Waals surface area contributed by atoms with Gasteiger partial charge in [-0.25, -0.2) is 4.98 Å². The number of hydrogen-bond acceptors (Lipinski definition) is 5. The summed E-state index contributed by atoms with van der Waals surface area (Å²) in [6.45, 7) is 0.518. The second kappa shape index (κ2) is 4.74. The molecular weight excluding hydrogens is 240 g/mol. The summed E-state index contributed by atoms with van der Waals surface area (Å²) in [5, 5.41) is 20.0. The number of aromatic nitrogens is 4. The lowest BCUT2D eigenvalue weighted by molar-refractivity contribution is 0.912. The third kappa shape index (κ3) is 2.21. The first-order valence-electron chi connectivity index (χ1n) is 5.75. The maximum atomic E-state index is 8.69. The standard InChI is InChI=1S/C13H10N6/c14-7-10-4-5-11(15-8-10)16-9-13-18-17-12-3-1-2-6-19(12)13/h1-6,8H,9H2,(H,15,16). The molecule has 92 valence electrons. The quantitative estimate of drug-likeness (QED) is 0.764. The van der Waals surface area contributed by atoms with Crippen LogP contribution in [0.1, 0.15) is 11.4 Å². The van der Waals surface area contributed by atoms with Gasteiger partial charge in [0.1, 0.15) is 11.9 Å². The van der Waals surface area contributed by atoms with Gasteiger partial charge in [-0.1, -0.05) is 6.07 Å². The fourth-order valence-corrected chi connectivity index (χ4v) is 1.75. The smallest absolute Gasteiger partial charge is 0.160 e. The van der Waals surface area contributed by atoms with Crippen molar-refractivity contribution in [3.05, 3.63) is 54.1 Å². The second-order valence-corrected chi connectivity index (χ2v) is 3.94. The lowest BCUT2D eigenvalue weighted by atomic mass is 10.3. The first kappa shape index (κ1) is 11.2. The van der Waals surface area contributed by atoms with Crippen molar-refractivity contribution in [2.24, 2.45) is 0 Å². The normalized spacial score (nSPS) is 10.3. The molecule has 19 heavy (non-hydrogen) atoms. The highest BCUT2D eigenvalue weighted by molar-refractivity contribution is 5.40. The second-order valence-electron chi connectivity index (χ2n) is 3.94. The van der Waals surface area contributed by atoms with E-state index in [-0.39, 0.29) is 0 Å². The highest BCUT2D eigenvalue weighted by atomic mass is 15.3. The van der Waals surface area contributed by atoms with Crippen molar-refractivity contribution in [2.75, 3.05) is 5.32 Å². The highest BCUT2D eigenvalue weighted by Gasteiger charge is 2.04. The molecule has 0 amide bonds. The lowest BCUT2D eigenvalue weighted by Crippen LogP contribution is -2.05. The van der Waals surface area contributed by atoms with Gasteiger partial charge in [-0.2, -0.15) is 5.26 Å². The van der Waals surface area contributed by atoms with Crippen LogP contribution in [0.5, 0.6) is 0 Å². The Kier molecular flexibility index (Phi) is 2.79. The van der Waals surface area contributed by atoms with Crippen LogP contribution in [-0.2, 0) is 6.54 Å². The van der Waals surface area contributed by atoms with Crippen LogP contribution in [0.3, 0.4) is 0 Å². The van der Waals surface area contributed by atoms with Gasteiger partial charge in [0.2, 0.25) is 0 Å². The first-order chi connectivity index (χ1) is 9.36. The molecule has 0 aliphatic carbocycles. The van der Waals surface area contributed by atoms with Crippen molar-refractivity contribution in [2.45, 2.75) is 6.54 Å². The van der Waals surface area contributed by atoms with E-state index in [1.54, 1.807) is 12.1 Å². The van der Waals surface area contributed by atoms with Gasteiger partial charge in [0.15, 0.2) is 11.5 Å². The van der Waals surface area contributed by atoms with Crippen LogP contribution in [0.2, 0.25) is 0 Å². The number of hydrogen-bond donors (Lipinski definition) is 1. The van der Waals surface area contributed by atoms with Crippen LogP contribution >= 0.6 is 0 Å². The number of anilines is 1. The molecule has 0 unspecified atom stereocenters. The van der Waals surface area contributed by atoms with Crippen LogP contribution in [-0.4, -0.2) is 19.6 Å². The SMILES string of the molecule is N#Cc1ccc(NCc2nnc3ccccn23)nc1. The molecule has 1 N–H and O–H groups in total. The predicted octanol–water partition coefficient (Wildman–Crippen LogP) is 1.61. The summed E-state index contributed by atoms with van der Waals surface area (Å²) < 4.78 is 1.91. The summed E-state index contributed by atoms with van der Waals surface area (Å²) >= 11 is 0. The molecule has 0 aliphatic rings. The third-order valence-electron chi connectivity index (χ3n) is 2.70. The molecule has 0 spiro atoms. The third-order valence-corrected chi connectivity index (χ3v) is 2.70. The number of nitrogens with one attached hydrogen (secondary N) is 1. The maximum absolute atomic E-state index is 8.69. The summed E-state index contributed by atoms with van der Waals surface area (Å²) in [5.74, 6) is 1.51. The van der Waals surface area contributed by atoms with Crippen LogP contribution in [0.4, 0.5) is 5.82 Å². The molecule has 0 atom stereocenters. The van der Waals surface area contributed by atoms with Crippen molar-refractivity contribution < 1.29 is 0 Å². The number of nitriles is 1. The molecule has 0 radical (unpaired) electrons. The van der Waals surface area contributed by atoms with Crippen LogP contribution in [0.25, 0.3) is 5.65 Å². The van der Waals surface area contributed by atoms with E-state index in [0.717, 1.165) is 11.5 Å². The topological polar surface area (TPSA) is 78.9 Å². The minimum absolute atomic E-state index is 0.518. The molecule has 3 rings (SSSR count). The van der Waals surface area contributed by atoms with Gasteiger partial charge in [-0.3, -0.25) is 4.40 Å². The highest BCUT2D eigenvalue weighted by Crippen LogP contribution is 2.07. The van der Waals surface area contributed by atoms with Crippen LogP contribution in [0.15, 0.2) is 42.7 Å². The molecule has 0 fully saturated rings. The van der Waals surface area contributed by atoms with Crippen molar-refractivity contribution >= 4 is 11.5 Å². The predicted molar refractivity (Wildman–Crippen MR) is 69.3 cm³/mol. The molecule has 0 saturated heterocycles. The average Bonchev–Trinajstić information content (AvgIpc) is 2.89. The van der Waals surface area contributed by atoms with Crippen molar-refractivity contribution in [3.63, 3.8) is 0 Å². The molecule has 0 aromatic carbocycles. The fraction of sp³-hybridized carbons (Fsp3) is 0.0769. The van der Waals surface area contributed by atoms with Gasteiger partial charge in [0, 0.05) is 12.4 Å². The minimum Gasteiger partial charge on any atom is -0.363 e. The molecule has 0 saturated carbocycles. The molecule has 3 aromatic rings. The maximum Gasteiger partial charge on any atom is 0.160 e. The lowest BCUT2D eigenvalue weighted by Gasteiger charge is -2.03. The Morgan fingerprint density at radius 3 is 2.95 bits per heavy atom. The zero-order chi connectivity index (χ0) is 13.1. The summed E-state index contributed by atoms with van der Waals surface area (Å²) in [7, 11) is 0. The Hall–Kier alpha value is -2.94. The first-order valence-corrected chi connectivity index (χ1v) is 5.75. The van der Waals surface area contributed by atoms with Gasteiger partial charge >= 0.3 is 0 Å². The van der Waals surface area contributed by atoms with Crippen LogP contribution in [0, 0.1) is 11.3 Å². The van der Waals surface area contributed by atoms with Crippen molar-refractivity contribution in [1.29, 1.82) is 5.26 Å². The number of fused-ring (bicyclic) bond motifs is 1. The van der Waals surface area contributed by atoms with Crippen molar-refractivity contribution in [1.82, 2.24) is 19.6 Å². The molecule has 6 nitrogen and oxygen atoms in total. The summed E-state index contributed by atoms with van der Waals surface area (Å²) in [4.78, 5) is 4.14. The van der Waals surface area contributed by atoms with Crippen LogP contribution < -0.4 is 5.32 Å². The molecule has 3 aromatic heterocycles. The summed E-state index contributed by atoms with van der Waals surface area (Å²) in [6.07, 6.45) is 3.45. The van der Waals surface area contributed by atoms with Gasteiger partial charge < -0.3 is 5.32 Å². The molecule has 0 aliphatic heterocycles. The van der Waals surface area contributed by atoms with E-state index in [4.69, 9.17) is 5.26 Å². The Labute approximate surface area is 109 Å². The Balaban J connectivity index is 1.77. The zero-order valence-corrected chi connectivity index (χ0v) is 9.98. The van der Waals surface area contributed by atoms with E-state index in [1.165, 1.54) is 6.20 Å². The van der Waals surface area contributed by atoms with Gasteiger partial charge in [-0.15, -0.1) is 10.2 Å². The Morgan fingerprint density at radius 1 is 1.21 bits per heavy atom. The fourth-order valence-electron chi connectivity index (χ4n) is 1.75. The van der Waals surface area contributed by atoms with Gasteiger partial charge in [-0.05, 0) is 24.3 Å². The Bertz CT molecular complexity index is 738. The summed E-state index contributed by atoms with van der Waals surface area (Å²) in [6, 6.07) is 11.3. The molecule has 6 heteroatoms. The monoisotopic (exact) mass is 250 g/mol. The van der Waals surface area contributed by atoms with E-state index < -0.39 is 0 Å². The number of pyridine rings is 2. The van der Waals surface area contributed by atoms with Crippen molar-refractivity contribution in [3.8, 4) is 6.07 Å². The molecule has 3 heterocycles. The van der Waals surface area contributed by atoms with E-state index in [9.17, 15) is 0 Å². The average molecular weight is 250 g/mol. The molecule has 0 bridgehead atoms. The summed E-state index contributed by atoms with van der Waals surface area (Å²) in [5.41, 5.74) is 1.35. The number of nitrogens with zero attached hydrogens (tertiary/aromatic N) is 5. The number of rotatable bonds is 3. The van der Waals surface area contributed by atoms with E-state index in [1.807, 2.05) is 34.9 Å². The minimum atomic E-state index is 0.518. The van der Waals surface area contributed by atoms with Gasteiger partial charge in [0.25, 0.3) is 0 Å².